The Morgan fingerprint density at radius 2 is 1.94 bits per heavy atom. The van der Waals surface area contributed by atoms with Crippen molar-refractivity contribution < 1.29 is 9.50 Å². The second kappa shape index (κ2) is 5.78. The molecule has 0 spiro atoms. The SMILES string of the molecule is CC(C)C(Cc1cc(F)ccc1Br)C(C)O. The van der Waals surface area contributed by atoms with E-state index in [0.29, 0.717) is 12.3 Å². The molecule has 90 valence electrons. The third-order valence-electron chi connectivity index (χ3n) is 2.94. The summed E-state index contributed by atoms with van der Waals surface area (Å²) in [4.78, 5) is 0. The first-order valence-electron chi connectivity index (χ1n) is 5.53. The summed E-state index contributed by atoms with van der Waals surface area (Å²) in [6.07, 6.45) is 0.309. The molecule has 1 N–H and O–H groups in total. The summed E-state index contributed by atoms with van der Waals surface area (Å²) in [6, 6.07) is 4.67. The molecule has 0 saturated carbocycles. The van der Waals surface area contributed by atoms with E-state index < -0.39 is 0 Å². The van der Waals surface area contributed by atoms with Gasteiger partial charge in [-0.1, -0.05) is 29.8 Å². The number of benzene rings is 1. The van der Waals surface area contributed by atoms with E-state index in [1.165, 1.54) is 12.1 Å². The van der Waals surface area contributed by atoms with Crippen LogP contribution in [0.1, 0.15) is 26.3 Å². The molecular formula is C13H18BrFO. The highest BCUT2D eigenvalue weighted by molar-refractivity contribution is 9.10. The molecule has 0 saturated heterocycles. The van der Waals surface area contributed by atoms with E-state index in [2.05, 4.69) is 29.8 Å². The van der Waals surface area contributed by atoms with Crippen molar-refractivity contribution in [2.24, 2.45) is 11.8 Å². The summed E-state index contributed by atoms with van der Waals surface area (Å²) in [5, 5.41) is 9.70. The highest BCUT2D eigenvalue weighted by Crippen LogP contribution is 2.26. The van der Waals surface area contributed by atoms with Crippen LogP contribution in [-0.4, -0.2) is 11.2 Å². The smallest absolute Gasteiger partial charge is 0.123 e. The lowest BCUT2D eigenvalue weighted by atomic mass is 9.85. The Labute approximate surface area is 105 Å². The summed E-state index contributed by atoms with van der Waals surface area (Å²) in [6.45, 7) is 5.94. The Morgan fingerprint density at radius 3 is 2.44 bits per heavy atom. The van der Waals surface area contributed by atoms with Crippen LogP contribution < -0.4 is 0 Å². The standard InChI is InChI=1S/C13H18BrFO/c1-8(2)12(9(3)16)7-10-6-11(15)4-5-13(10)14/h4-6,8-9,12,16H,7H2,1-3H3. The first-order valence-corrected chi connectivity index (χ1v) is 6.33. The Bertz CT molecular complexity index is 342. The first-order chi connectivity index (χ1) is 7.41. The molecule has 3 heteroatoms. The quantitative estimate of drug-likeness (QED) is 0.894. The molecule has 0 bridgehead atoms. The topological polar surface area (TPSA) is 20.2 Å². The Hall–Kier alpha value is -0.410. The minimum absolute atomic E-state index is 0.151. The molecule has 0 fully saturated rings. The van der Waals surface area contributed by atoms with Gasteiger partial charge in [-0.2, -0.15) is 0 Å². The highest BCUT2D eigenvalue weighted by atomic mass is 79.9. The maximum absolute atomic E-state index is 13.1. The van der Waals surface area contributed by atoms with Gasteiger partial charge < -0.3 is 5.11 Å². The number of hydrogen-bond acceptors (Lipinski definition) is 1. The molecule has 1 aromatic carbocycles. The maximum atomic E-state index is 13.1. The predicted octanol–water partition coefficient (Wildman–Crippen LogP) is 3.78. The third kappa shape index (κ3) is 3.56. The van der Waals surface area contributed by atoms with Gasteiger partial charge in [-0.15, -0.1) is 0 Å². The van der Waals surface area contributed by atoms with Crippen LogP contribution in [0.3, 0.4) is 0 Å². The monoisotopic (exact) mass is 288 g/mol. The second-order valence-electron chi connectivity index (χ2n) is 4.59. The zero-order chi connectivity index (χ0) is 12.3. The summed E-state index contributed by atoms with van der Waals surface area (Å²) in [5.74, 6) is 0.291. The van der Waals surface area contributed by atoms with Gasteiger partial charge in [-0.3, -0.25) is 0 Å². The Balaban J connectivity index is 2.89. The molecule has 2 atom stereocenters. The summed E-state index contributed by atoms with van der Waals surface area (Å²) in [5.41, 5.74) is 0.916. The van der Waals surface area contributed by atoms with Crippen LogP contribution in [-0.2, 0) is 6.42 Å². The molecule has 0 aliphatic rings. The Kier molecular flexibility index (Phi) is 4.93. The van der Waals surface area contributed by atoms with Crippen LogP contribution in [0.4, 0.5) is 4.39 Å². The minimum Gasteiger partial charge on any atom is -0.393 e. The second-order valence-corrected chi connectivity index (χ2v) is 5.44. The van der Waals surface area contributed by atoms with E-state index in [1.807, 2.05) is 0 Å². The molecule has 0 heterocycles. The van der Waals surface area contributed by atoms with Crippen LogP contribution in [0.5, 0.6) is 0 Å². The lowest BCUT2D eigenvalue weighted by Crippen LogP contribution is -2.24. The van der Waals surface area contributed by atoms with Gasteiger partial charge in [0.05, 0.1) is 6.10 Å². The average Bonchev–Trinajstić information content (AvgIpc) is 2.18. The van der Waals surface area contributed by atoms with E-state index in [4.69, 9.17) is 0 Å². The van der Waals surface area contributed by atoms with Crippen molar-refractivity contribution in [2.75, 3.05) is 0 Å². The average molecular weight is 289 g/mol. The van der Waals surface area contributed by atoms with Crippen molar-refractivity contribution in [2.45, 2.75) is 33.3 Å². The van der Waals surface area contributed by atoms with E-state index in [-0.39, 0.29) is 17.8 Å². The molecule has 2 unspecified atom stereocenters. The van der Waals surface area contributed by atoms with E-state index in [0.717, 1.165) is 10.0 Å². The van der Waals surface area contributed by atoms with Crippen LogP contribution in [0, 0.1) is 17.7 Å². The number of hydrogen-bond donors (Lipinski definition) is 1. The molecule has 1 nitrogen and oxygen atoms in total. The van der Waals surface area contributed by atoms with Crippen LogP contribution in [0.15, 0.2) is 22.7 Å². The highest BCUT2D eigenvalue weighted by Gasteiger charge is 2.20. The number of aliphatic hydroxyl groups excluding tert-OH is 1. The number of aliphatic hydroxyl groups is 1. The van der Waals surface area contributed by atoms with Gasteiger partial charge in [0.15, 0.2) is 0 Å². The number of rotatable bonds is 4. The molecule has 0 aliphatic heterocycles. The van der Waals surface area contributed by atoms with Crippen molar-refractivity contribution in [3.63, 3.8) is 0 Å². The van der Waals surface area contributed by atoms with Crippen LogP contribution in [0.2, 0.25) is 0 Å². The molecule has 1 aromatic rings. The largest absolute Gasteiger partial charge is 0.393 e. The maximum Gasteiger partial charge on any atom is 0.123 e. The predicted molar refractivity (Wildman–Crippen MR) is 67.8 cm³/mol. The van der Waals surface area contributed by atoms with E-state index in [9.17, 15) is 9.50 Å². The van der Waals surface area contributed by atoms with Crippen molar-refractivity contribution >= 4 is 15.9 Å². The molecule has 1 rings (SSSR count). The zero-order valence-corrected chi connectivity index (χ0v) is 11.5. The van der Waals surface area contributed by atoms with Gasteiger partial charge in [0.25, 0.3) is 0 Å². The van der Waals surface area contributed by atoms with Crippen molar-refractivity contribution in [3.8, 4) is 0 Å². The summed E-state index contributed by atoms with van der Waals surface area (Å²) >= 11 is 3.41. The summed E-state index contributed by atoms with van der Waals surface area (Å²) < 4.78 is 14.0. The molecule has 0 amide bonds. The normalized spacial score (nSPS) is 15.2. The molecule has 16 heavy (non-hydrogen) atoms. The summed E-state index contributed by atoms with van der Waals surface area (Å²) in [7, 11) is 0. The lowest BCUT2D eigenvalue weighted by Gasteiger charge is -2.24. The molecule has 0 aromatic heterocycles. The zero-order valence-electron chi connectivity index (χ0n) is 9.87. The van der Waals surface area contributed by atoms with Gasteiger partial charge in [-0.25, -0.2) is 4.39 Å². The van der Waals surface area contributed by atoms with Gasteiger partial charge >= 0.3 is 0 Å². The van der Waals surface area contributed by atoms with Crippen LogP contribution in [0.25, 0.3) is 0 Å². The fourth-order valence-corrected chi connectivity index (χ4v) is 2.33. The van der Waals surface area contributed by atoms with Crippen molar-refractivity contribution in [1.82, 2.24) is 0 Å². The minimum atomic E-state index is -0.379. The lowest BCUT2D eigenvalue weighted by molar-refractivity contribution is 0.0975. The van der Waals surface area contributed by atoms with Crippen molar-refractivity contribution in [1.29, 1.82) is 0 Å². The molecule has 0 radical (unpaired) electrons. The molecular weight excluding hydrogens is 271 g/mol. The van der Waals surface area contributed by atoms with Crippen molar-refractivity contribution in [3.05, 3.63) is 34.1 Å². The molecule has 0 aliphatic carbocycles. The number of halogens is 2. The van der Waals surface area contributed by atoms with E-state index in [1.54, 1.807) is 13.0 Å². The fraction of sp³-hybridized carbons (Fsp3) is 0.538. The van der Waals surface area contributed by atoms with Gasteiger partial charge in [0.1, 0.15) is 5.82 Å². The Morgan fingerprint density at radius 1 is 1.31 bits per heavy atom. The van der Waals surface area contributed by atoms with Crippen LogP contribution >= 0.6 is 15.9 Å². The first kappa shape index (κ1) is 13.7. The van der Waals surface area contributed by atoms with Gasteiger partial charge in [0.2, 0.25) is 0 Å². The third-order valence-corrected chi connectivity index (χ3v) is 3.71. The van der Waals surface area contributed by atoms with Gasteiger partial charge in [0, 0.05) is 4.47 Å². The van der Waals surface area contributed by atoms with E-state index >= 15 is 0 Å². The fourth-order valence-electron chi connectivity index (χ4n) is 1.92. The van der Waals surface area contributed by atoms with Gasteiger partial charge in [-0.05, 0) is 48.9 Å².